The lowest BCUT2D eigenvalue weighted by atomic mass is 9.96. The van der Waals surface area contributed by atoms with E-state index in [-0.39, 0.29) is 17.1 Å². The molecule has 0 amide bonds. The Balaban J connectivity index is 2.23. The minimum atomic E-state index is -0.472. The van der Waals surface area contributed by atoms with Gasteiger partial charge < -0.3 is 25.0 Å². The van der Waals surface area contributed by atoms with Crippen LogP contribution in [-0.4, -0.2) is 19.3 Å². The second kappa shape index (κ2) is 8.08. The molecule has 0 saturated heterocycles. The number of ether oxygens (including phenoxy) is 2. The average molecular weight is 449 g/mol. The van der Waals surface area contributed by atoms with Crippen LogP contribution in [0, 0.1) is 45.0 Å². The Morgan fingerprint density at radius 3 is 2.00 bits per heavy atom. The number of fused-ring (bicyclic) bond motifs is 2. The number of rotatable bonds is 4. The Labute approximate surface area is 192 Å². The van der Waals surface area contributed by atoms with E-state index in [1.54, 1.807) is 33.3 Å². The van der Waals surface area contributed by atoms with E-state index in [9.17, 15) is 15.5 Å². The topological polar surface area (TPSA) is 92.6 Å². The van der Waals surface area contributed by atoms with Crippen LogP contribution >= 0.6 is 0 Å². The molecule has 7 nitrogen and oxygen atoms in total. The van der Waals surface area contributed by atoms with E-state index in [1.165, 1.54) is 0 Å². The number of nitrogens with zero attached hydrogens (tertiary/aromatic N) is 2. The van der Waals surface area contributed by atoms with Gasteiger partial charge in [-0.1, -0.05) is 6.07 Å². The lowest BCUT2D eigenvalue weighted by Gasteiger charge is -2.18. The average Bonchev–Trinajstić information content (AvgIpc) is 2.79. The first-order chi connectivity index (χ1) is 15.7. The first kappa shape index (κ1) is 22.6. The number of aromatic nitrogens is 2. The zero-order valence-corrected chi connectivity index (χ0v) is 20.0. The number of methoxy groups -OCH3 is 2. The lowest BCUT2D eigenvalue weighted by Crippen LogP contribution is -2.41. The molecule has 4 rings (SSSR count). The molecule has 4 aromatic rings. The van der Waals surface area contributed by atoms with Gasteiger partial charge in [0.05, 0.1) is 25.0 Å². The molecule has 0 unspecified atom stereocenters. The van der Waals surface area contributed by atoms with Gasteiger partial charge in [-0.3, -0.25) is 0 Å². The highest BCUT2D eigenvalue weighted by atomic mass is 16.5. The number of hydrogen-bond donors (Lipinski definition) is 1. The van der Waals surface area contributed by atoms with Crippen molar-refractivity contribution in [2.24, 2.45) is 0 Å². The van der Waals surface area contributed by atoms with Crippen LogP contribution in [0.1, 0.15) is 33.6 Å². The van der Waals surface area contributed by atoms with Crippen molar-refractivity contribution in [3.05, 3.63) is 68.3 Å². The standard InChI is InChI=1S/C26H28N2O5/c1-13-8-18-10-22(27(30)17(5)23(18)26(33-7)16(13)4)24-20-9-14(2)15(3)25(32-6)21(20)11-19(12-29)28(24)31/h8-11,29H,12H2,1-7H3. The molecule has 0 aliphatic rings. The van der Waals surface area contributed by atoms with E-state index < -0.39 is 6.61 Å². The number of aliphatic hydroxyl groups is 1. The molecule has 7 heteroatoms. The van der Waals surface area contributed by atoms with E-state index >= 15 is 0 Å². The van der Waals surface area contributed by atoms with Gasteiger partial charge >= 0.3 is 0 Å². The lowest BCUT2D eigenvalue weighted by molar-refractivity contribution is -0.632. The molecular formula is C26H28N2O5. The van der Waals surface area contributed by atoms with Gasteiger partial charge in [-0.15, -0.1) is 0 Å². The molecule has 2 aromatic carbocycles. The number of pyridine rings is 2. The summed E-state index contributed by atoms with van der Waals surface area (Å²) in [6.45, 7) is 9.06. The van der Waals surface area contributed by atoms with Crippen molar-refractivity contribution in [1.82, 2.24) is 0 Å². The minimum absolute atomic E-state index is 0.134. The summed E-state index contributed by atoms with van der Waals surface area (Å²) in [5.41, 5.74) is 4.79. The van der Waals surface area contributed by atoms with Crippen molar-refractivity contribution in [1.29, 1.82) is 0 Å². The number of hydrogen-bond acceptors (Lipinski definition) is 5. The van der Waals surface area contributed by atoms with Gasteiger partial charge in [0.25, 0.3) is 11.4 Å². The van der Waals surface area contributed by atoms with Crippen molar-refractivity contribution >= 4 is 21.5 Å². The first-order valence-electron chi connectivity index (χ1n) is 10.7. The second-order valence-electron chi connectivity index (χ2n) is 8.48. The van der Waals surface area contributed by atoms with Gasteiger partial charge in [-0.05, 0) is 61.4 Å². The summed E-state index contributed by atoms with van der Waals surface area (Å²) in [7, 11) is 3.16. The van der Waals surface area contributed by atoms with Crippen LogP contribution in [0.2, 0.25) is 0 Å². The molecular weight excluding hydrogens is 420 g/mol. The molecule has 0 spiro atoms. The molecule has 0 atom stereocenters. The molecule has 0 aliphatic heterocycles. The molecule has 33 heavy (non-hydrogen) atoms. The SMILES string of the molecule is COc1c(C)c(C)cc2c(-c3cc4cc(C)c(C)c(OC)c4c(C)[n+]3[O-])[n+]([O-])c(CO)cc12. The maximum Gasteiger partial charge on any atom is 0.298 e. The van der Waals surface area contributed by atoms with Crippen LogP contribution < -0.4 is 18.9 Å². The highest BCUT2D eigenvalue weighted by Gasteiger charge is 2.30. The molecule has 2 aromatic heterocycles. The van der Waals surface area contributed by atoms with Crippen LogP contribution in [0.4, 0.5) is 0 Å². The summed E-state index contributed by atoms with van der Waals surface area (Å²) in [6.07, 6.45) is 0. The van der Waals surface area contributed by atoms with Gasteiger partial charge in [0.1, 0.15) is 18.1 Å². The fraction of sp³-hybridized carbons (Fsp3) is 0.308. The van der Waals surface area contributed by atoms with Crippen molar-refractivity contribution in [3.63, 3.8) is 0 Å². The maximum atomic E-state index is 13.6. The van der Waals surface area contributed by atoms with Gasteiger partial charge in [0.2, 0.25) is 11.4 Å². The largest absolute Gasteiger partial charge is 0.618 e. The van der Waals surface area contributed by atoms with Crippen molar-refractivity contribution in [2.45, 2.75) is 41.2 Å². The quantitative estimate of drug-likeness (QED) is 0.377. The Morgan fingerprint density at radius 1 is 0.788 bits per heavy atom. The summed E-state index contributed by atoms with van der Waals surface area (Å²) in [4.78, 5) is 0. The molecule has 0 fully saturated rings. The van der Waals surface area contributed by atoms with Gasteiger partial charge in [-0.25, -0.2) is 0 Å². The highest BCUT2D eigenvalue weighted by molar-refractivity contribution is 5.99. The van der Waals surface area contributed by atoms with Crippen LogP contribution in [-0.2, 0) is 6.61 Å². The van der Waals surface area contributed by atoms with Crippen molar-refractivity contribution in [2.75, 3.05) is 14.2 Å². The zero-order chi connectivity index (χ0) is 24.2. The molecule has 172 valence electrons. The van der Waals surface area contributed by atoms with Gasteiger partial charge in [-0.2, -0.15) is 9.46 Å². The van der Waals surface area contributed by atoms with E-state index in [0.717, 1.165) is 32.4 Å². The Hall–Kier alpha value is -3.58. The minimum Gasteiger partial charge on any atom is -0.618 e. The highest BCUT2D eigenvalue weighted by Crippen LogP contribution is 2.38. The molecule has 0 radical (unpaired) electrons. The molecule has 0 aliphatic carbocycles. The third kappa shape index (κ3) is 3.23. The maximum absolute atomic E-state index is 13.6. The van der Waals surface area contributed by atoms with Crippen LogP contribution in [0.3, 0.4) is 0 Å². The van der Waals surface area contributed by atoms with Crippen molar-refractivity contribution < 1.29 is 24.0 Å². The van der Waals surface area contributed by atoms with Gasteiger partial charge in [0, 0.05) is 24.4 Å². The molecule has 0 bridgehead atoms. The fourth-order valence-corrected chi connectivity index (χ4v) is 4.64. The number of aryl methyl sites for hydroxylation is 3. The first-order valence-corrected chi connectivity index (χ1v) is 10.7. The zero-order valence-electron chi connectivity index (χ0n) is 20.0. The van der Waals surface area contributed by atoms with E-state index in [2.05, 4.69) is 0 Å². The monoisotopic (exact) mass is 448 g/mol. The molecule has 2 heterocycles. The molecule has 1 N–H and O–H groups in total. The summed E-state index contributed by atoms with van der Waals surface area (Å²) in [6, 6.07) is 7.22. The van der Waals surface area contributed by atoms with E-state index in [4.69, 9.17) is 9.47 Å². The van der Waals surface area contributed by atoms with Gasteiger partial charge in [0.15, 0.2) is 0 Å². The second-order valence-corrected chi connectivity index (χ2v) is 8.48. The Morgan fingerprint density at radius 2 is 1.39 bits per heavy atom. The Kier molecular flexibility index (Phi) is 5.54. The summed E-state index contributed by atoms with van der Waals surface area (Å²) < 4.78 is 12.7. The summed E-state index contributed by atoms with van der Waals surface area (Å²) in [5, 5.41) is 39.6. The van der Waals surface area contributed by atoms with E-state index in [0.29, 0.717) is 38.1 Å². The molecule has 0 saturated carbocycles. The van der Waals surface area contributed by atoms with E-state index in [1.807, 2.05) is 39.8 Å². The van der Waals surface area contributed by atoms with Crippen LogP contribution in [0.5, 0.6) is 11.5 Å². The predicted octanol–water partition coefficient (Wildman–Crippen LogP) is 3.98. The number of benzene rings is 2. The normalized spacial score (nSPS) is 11.4. The third-order valence-electron chi connectivity index (χ3n) is 6.67. The smallest absolute Gasteiger partial charge is 0.298 e. The van der Waals surface area contributed by atoms with Crippen molar-refractivity contribution in [3.8, 4) is 22.9 Å². The fourth-order valence-electron chi connectivity index (χ4n) is 4.64. The van der Waals surface area contributed by atoms with Crippen LogP contribution in [0.25, 0.3) is 32.9 Å². The third-order valence-corrected chi connectivity index (χ3v) is 6.67. The summed E-state index contributed by atoms with van der Waals surface area (Å²) in [5.74, 6) is 1.26. The van der Waals surface area contributed by atoms with Crippen LogP contribution in [0.15, 0.2) is 24.3 Å². The predicted molar refractivity (Wildman–Crippen MR) is 128 cm³/mol. The Bertz CT molecular complexity index is 1440. The number of aliphatic hydroxyl groups excluding tert-OH is 1. The summed E-state index contributed by atoms with van der Waals surface area (Å²) >= 11 is 0.